The Bertz CT molecular complexity index is 1280. The standard InChI is InChI=1S/C19H12FN3O/c20-24-23-9-12-15-10-5-1-3-7-13(10)21-17(15)18-16(19(12)23)11-6-2-4-8-14(11)22-18/h1-8,21-22H,9H2. The fraction of sp³-hybridized carbons (Fsp3) is 0.0526. The predicted octanol–water partition coefficient (Wildman–Crippen LogP) is 5.09. The molecule has 6 rings (SSSR count). The Morgan fingerprint density at radius 3 is 2.08 bits per heavy atom. The summed E-state index contributed by atoms with van der Waals surface area (Å²) in [5.74, 6) is 0. The summed E-state index contributed by atoms with van der Waals surface area (Å²) in [4.78, 5) is 7.03. The van der Waals surface area contributed by atoms with Crippen molar-refractivity contribution in [1.29, 1.82) is 0 Å². The van der Waals surface area contributed by atoms with E-state index in [4.69, 9.17) is 0 Å². The van der Waals surface area contributed by atoms with Crippen molar-refractivity contribution in [2.24, 2.45) is 0 Å². The third-order valence-corrected chi connectivity index (χ3v) is 5.12. The molecule has 0 aliphatic carbocycles. The number of H-pyrrole nitrogens is 2. The Hall–Kier alpha value is -3.05. The highest BCUT2D eigenvalue weighted by atomic mass is 19.3. The Morgan fingerprint density at radius 2 is 1.42 bits per heavy atom. The zero-order valence-electron chi connectivity index (χ0n) is 12.6. The molecule has 0 saturated heterocycles. The van der Waals surface area contributed by atoms with Crippen LogP contribution in [0, 0.1) is 0 Å². The minimum Gasteiger partial charge on any atom is -0.353 e. The topological polar surface area (TPSA) is 44.0 Å². The first-order valence-corrected chi connectivity index (χ1v) is 7.88. The molecule has 0 spiro atoms. The molecule has 0 radical (unpaired) electrons. The maximum Gasteiger partial charge on any atom is 0.0832 e. The number of hydroxylamine groups is 1. The summed E-state index contributed by atoms with van der Waals surface area (Å²) in [6, 6.07) is 16.3. The highest BCUT2D eigenvalue weighted by Gasteiger charge is 2.33. The van der Waals surface area contributed by atoms with Gasteiger partial charge in [-0.1, -0.05) is 41.4 Å². The van der Waals surface area contributed by atoms with Crippen LogP contribution >= 0.6 is 0 Å². The Labute approximate surface area is 135 Å². The summed E-state index contributed by atoms with van der Waals surface area (Å²) >= 11 is 0. The molecule has 1 aliphatic heterocycles. The first kappa shape index (κ1) is 12.4. The van der Waals surface area contributed by atoms with E-state index < -0.39 is 0 Å². The van der Waals surface area contributed by atoms with Gasteiger partial charge in [0.15, 0.2) is 0 Å². The fourth-order valence-corrected chi connectivity index (χ4v) is 4.11. The third-order valence-electron chi connectivity index (χ3n) is 5.12. The molecule has 0 unspecified atom stereocenters. The van der Waals surface area contributed by atoms with Crippen LogP contribution in [-0.2, 0) is 11.6 Å². The highest BCUT2D eigenvalue weighted by Crippen LogP contribution is 2.49. The summed E-state index contributed by atoms with van der Waals surface area (Å²) in [6.07, 6.45) is 0. The third kappa shape index (κ3) is 1.28. The van der Waals surface area contributed by atoms with Gasteiger partial charge < -0.3 is 9.97 Å². The van der Waals surface area contributed by atoms with Gasteiger partial charge in [0, 0.05) is 38.1 Å². The number of aromatic nitrogens is 2. The summed E-state index contributed by atoms with van der Waals surface area (Å²) in [5.41, 5.74) is 6.12. The van der Waals surface area contributed by atoms with Crippen molar-refractivity contribution >= 4 is 49.3 Å². The SMILES string of the molecule is FON1Cc2c1c1c3ccccc3[nH]c1c1[nH]c3ccccc3c21. The van der Waals surface area contributed by atoms with Gasteiger partial charge in [-0.15, -0.1) is 0 Å². The molecule has 24 heavy (non-hydrogen) atoms. The number of hydrogen-bond acceptors (Lipinski definition) is 2. The van der Waals surface area contributed by atoms with E-state index >= 15 is 0 Å². The molecule has 5 heteroatoms. The van der Waals surface area contributed by atoms with Crippen molar-refractivity contribution in [3.63, 3.8) is 0 Å². The van der Waals surface area contributed by atoms with Crippen molar-refractivity contribution in [2.75, 3.05) is 5.06 Å². The van der Waals surface area contributed by atoms with E-state index in [0.717, 1.165) is 54.9 Å². The van der Waals surface area contributed by atoms with Crippen LogP contribution in [0.1, 0.15) is 5.56 Å². The van der Waals surface area contributed by atoms with Gasteiger partial charge in [-0.3, -0.25) is 0 Å². The number of benzene rings is 3. The molecule has 0 bridgehead atoms. The molecule has 2 N–H and O–H groups in total. The van der Waals surface area contributed by atoms with E-state index in [0.29, 0.717) is 6.54 Å². The van der Waals surface area contributed by atoms with E-state index in [1.165, 1.54) is 5.06 Å². The molecule has 116 valence electrons. The van der Waals surface area contributed by atoms with Crippen LogP contribution in [0.2, 0.25) is 0 Å². The number of para-hydroxylation sites is 2. The maximum atomic E-state index is 13.0. The number of anilines is 1. The van der Waals surface area contributed by atoms with E-state index in [-0.39, 0.29) is 0 Å². The molecule has 1 aliphatic rings. The molecular weight excluding hydrogens is 305 g/mol. The summed E-state index contributed by atoms with van der Waals surface area (Å²) in [7, 11) is 0. The average Bonchev–Trinajstić information content (AvgIpc) is 3.14. The zero-order valence-corrected chi connectivity index (χ0v) is 12.6. The van der Waals surface area contributed by atoms with Crippen LogP contribution in [0.15, 0.2) is 48.5 Å². The lowest BCUT2D eigenvalue weighted by atomic mass is 9.94. The molecular formula is C19H12FN3O. The normalized spacial score (nSPS) is 14.0. The minimum atomic E-state index is 0.444. The van der Waals surface area contributed by atoms with Crippen molar-refractivity contribution in [1.82, 2.24) is 9.97 Å². The Kier molecular flexibility index (Phi) is 2.10. The van der Waals surface area contributed by atoms with Gasteiger partial charge in [-0.2, -0.15) is 0 Å². The Morgan fingerprint density at radius 1 is 0.833 bits per heavy atom. The van der Waals surface area contributed by atoms with Crippen LogP contribution in [0.4, 0.5) is 10.2 Å². The van der Waals surface area contributed by atoms with Gasteiger partial charge >= 0.3 is 0 Å². The molecule has 0 amide bonds. The lowest BCUT2D eigenvalue weighted by Gasteiger charge is -2.32. The van der Waals surface area contributed by atoms with E-state index in [2.05, 4.69) is 33.2 Å². The molecule has 0 atom stereocenters. The van der Waals surface area contributed by atoms with Crippen molar-refractivity contribution in [2.45, 2.75) is 6.54 Å². The molecule has 3 heterocycles. The lowest BCUT2D eigenvalue weighted by molar-refractivity contribution is -0.154. The van der Waals surface area contributed by atoms with Gasteiger partial charge in [-0.05, 0) is 16.7 Å². The first-order chi connectivity index (χ1) is 11.9. The summed E-state index contributed by atoms with van der Waals surface area (Å²) in [6.45, 7) is 0.444. The molecule has 0 saturated carbocycles. The monoisotopic (exact) mass is 317 g/mol. The van der Waals surface area contributed by atoms with Gasteiger partial charge in [0.2, 0.25) is 0 Å². The van der Waals surface area contributed by atoms with Gasteiger partial charge in [-0.25, -0.2) is 5.06 Å². The van der Waals surface area contributed by atoms with E-state index in [1.54, 1.807) is 0 Å². The van der Waals surface area contributed by atoms with Crippen LogP contribution in [0.25, 0.3) is 43.6 Å². The zero-order chi connectivity index (χ0) is 15.8. The van der Waals surface area contributed by atoms with E-state index in [9.17, 15) is 4.53 Å². The number of nitrogens with one attached hydrogen (secondary N) is 2. The van der Waals surface area contributed by atoms with Crippen molar-refractivity contribution < 1.29 is 9.57 Å². The number of hydrogen-bond donors (Lipinski definition) is 2. The maximum absolute atomic E-state index is 13.0. The summed E-state index contributed by atoms with van der Waals surface area (Å²) < 4.78 is 13.0. The fourth-order valence-electron chi connectivity index (χ4n) is 4.11. The molecule has 0 fully saturated rings. The first-order valence-electron chi connectivity index (χ1n) is 7.88. The number of aromatic amines is 2. The predicted molar refractivity (Wildman–Crippen MR) is 93.5 cm³/mol. The molecule has 3 aromatic carbocycles. The van der Waals surface area contributed by atoms with Crippen LogP contribution < -0.4 is 5.06 Å². The largest absolute Gasteiger partial charge is 0.353 e. The number of halogens is 1. The quantitative estimate of drug-likeness (QED) is 0.452. The average molecular weight is 317 g/mol. The van der Waals surface area contributed by atoms with Gasteiger partial charge in [0.05, 0.1) is 23.3 Å². The van der Waals surface area contributed by atoms with Gasteiger partial charge in [0.25, 0.3) is 0 Å². The second-order valence-corrected chi connectivity index (χ2v) is 6.27. The number of fused-ring (bicyclic) bond motifs is 10. The van der Waals surface area contributed by atoms with Crippen LogP contribution in [-0.4, -0.2) is 9.97 Å². The second-order valence-electron chi connectivity index (χ2n) is 6.27. The van der Waals surface area contributed by atoms with Gasteiger partial charge in [0.1, 0.15) is 0 Å². The Balaban J connectivity index is 1.95. The molecule has 4 nitrogen and oxygen atoms in total. The number of nitrogens with zero attached hydrogens (tertiary/aromatic N) is 1. The molecule has 5 aromatic rings. The second kappa shape index (κ2) is 4.07. The van der Waals surface area contributed by atoms with Crippen molar-refractivity contribution in [3.8, 4) is 0 Å². The van der Waals surface area contributed by atoms with E-state index in [1.807, 2.05) is 30.3 Å². The van der Waals surface area contributed by atoms with Crippen LogP contribution in [0.5, 0.6) is 0 Å². The molecule has 2 aromatic heterocycles. The van der Waals surface area contributed by atoms with Crippen molar-refractivity contribution in [3.05, 3.63) is 54.1 Å². The lowest BCUT2D eigenvalue weighted by Crippen LogP contribution is -2.30. The van der Waals surface area contributed by atoms with Crippen LogP contribution in [0.3, 0.4) is 0 Å². The summed E-state index contributed by atoms with van der Waals surface area (Å²) in [5, 5.41) is 9.78. The highest BCUT2D eigenvalue weighted by molar-refractivity contribution is 6.28. The smallest absolute Gasteiger partial charge is 0.0832 e. The number of rotatable bonds is 1. The minimum absolute atomic E-state index is 0.444.